The second-order valence-electron chi connectivity index (χ2n) is 5.84. The number of benzene rings is 2. The van der Waals surface area contributed by atoms with Gasteiger partial charge in [-0.25, -0.2) is 4.98 Å². The van der Waals surface area contributed by atoms with Crippen molar-refractivity contribution in [1.29, 1.82) is 0 Å². The number of nitrogens with one attached hydrogen (secondary N) is 1. The number of para-hydroxylation sites is 2. The molecule has 1 N–H and O–H groups in total. The van der Waals surface area contributed by atoms with Crippen LogP contribution in [0.3, 0.4) is 0 Å². The summed E-state index contributed by atoms with van der Waals surface area (Å²) in [4.78, 5) is 31.7. The quantitative estimate of drug-likeness (QED) is 0.493. The Morgan fingerprint density at radius 1 is 1.14 bits per heavy atom. The number of aromatic nitrogens is 2. The van der Waals surface area contributed by atoms with Crippen molar-refractivity contribution >= 4 is 22.6 Å². The van der Waals surface area contributed by atoms with Crippen LogP contribution in [0, 0.1) is 10.1 Å². The number of hydrogen-bond donors (Lipinski definition) is 1. The zero-order chi connectivity index (χ0) is 20.1. The fourth-order valence-electron chi connectivity index (χ4n) is 2.75. The molecular formula is C19H18N4O5. The van der Waals surface area contributed by atoms with E-state index in [0.29, 0.717) is 22.3 Å². The van der Waals surface area contributed by atoms with Crippen LogP contribution >= 0.6 is 0 Å². The summed E-state index contributed by atoms with van der Waals surface area (Å²) in [6, 6.07) is 10.1. The molecule has 0 fully saturated rings. The molecule has 9 heteroatoms. The Labute approximate surface area is 160 Å². The van der Waals surface area contributed by atoms with Gasteiger partial charge in [0.2, 0.25) is 0 Å². The van der Waals surface area contributed by atoms with Gasteiger partial charge >= 0.3 is 0 Å². The van der Waals surface area contributed by atoms with Crippen LogP contribution in [-0.2, 0) is 6.42 Å². The normalized spacial score (nSPS) is 10.5. The third kappa shape index (κ3) is 3.98. The van der Waals surface area contributed by atoms with E-state index in [9.17, 15) is 14.9 Å². The van der Waals surface area contributed by atoms with E-state index in [4.69, 9.17) is 9.47 Å². The van der Waals surface area contributed by atoms with E-state index in [0.717, 1.165) is 0 Å². The Morgan fingerprint density at radius 3 is 2.50 bits per heavy atom. The highest BCUT2D eigenvalue weighted by Crippen LogP contribution is 2.34. The molecule has 1 heterocycles. The molecule has 0 aliphatic rings. The van der Waals surface area contributed by atoms with Crippen molar-refractivity contribution in [2.24, 2.45) is 0 Å². The smallest absolute Gasteiger partial charge is 0.276 e. The van der Waals surface area contributed by atoms with Gasteiger partial charge < -0.3 is 14.8 Å². The fourth-order valence-corrected chi connectivity index (χ4v) is 2.75. The molecule has 0 spiro atoms. The van der Waals surface area contributed by atoms with E-state index in [-0.39, 0.29) is 30.1 Å². The van der Waals surface area contributed by atoms with Crippen molar-refractivity contribution in [3.8, 4) is 11.5 Å². The monoisotopic (exact) mass is 382 g/mol. The van der Waals surface area contributed by atoms with Crippen LogP contribution in [0.5, 0.6) is 11.5 Å². The van der Waals surface area contributed by atoms with Gasteiger partial charge in [0.1, 0.15) is 5.69 Å². The molecule has 0 saturated carbocycles. The van der Waals surface area contributed by atoms with Crippen LogP contribution < -0.4 is 14.8 Å². The van der Waals surface area contributed by atoms with E-state index in [1.807, 2.05) is 12.1 Å². The van der Waals surface area contributed by atoms with E-state index >= 15 is 0 Å². The zero-order valence-corrected chi connectivity index (χ0v) is 15.3. The summed E-state index contributed by atoms with van der Waals surface area (Å²) in [5.41, 5.74) is 1.82. The van der Waals surface area contributed by atoms with Crippen molar-refractivity contribution in [1.82, 2.24) is 15.3 Å². The van der Waals surface area contributed by atoms with E-state index in [1.54, 1.807) is 18.2 Å². The van der Waals surface area contributed by atoms with Gasteiger partial charge in [-0.3, -0.25) is 19.9 Å². The van der Waals surface area contributed by atoms with Gasteiger partial charge in [0.05, 0.1) is 42.4 Å². The highest BCUT2D eigenvalue weighted by Gasteiger charge is 2.19. The van der Waals surface area contributed by atoms with Gasteiger partial charge in [0.15, 0.2) is 11.5 Å². The van der Waals surface area contributed by atoms with Gasteiger partial charge in [-0.2, -0.15) is 0 Å². The summed E-state index contributed by atoms with van der Waals surface area (Å²) in [6.45, 7) is 0.184. The number of hydrogen-bond acceptors (Lipinski definition) is 7. The summed E-state index contributed by atoms with van der Waals surface area (Å²) in [6.07, 6.45) is 1.64. The average Bonchev–Trinajstić information content (AvgIpc) is 2.72. The maximum Gasteiger partial charge on any atom is 0.276 e. The number of methoxy groups -OCH3 is 2. The molecule has 1 aromatic heterocycles. The van der Waals surface area contributed by atoms with E-state index in [1.165, 1.54) is 26.5 Å². The minimum absolute atomic E-state index is 0.0996. The number of rotatable bonds is 7. The number of carbonyl (C=O) groups is 1. The van der Waals surface area contributed by atoms with Gasteiger partial charge in [0.25, 0.3) is 11.6 Å². The first-order chi connectivity index (χ1) is 13.5. The van der Waals surface area contributed by atoms with Crippen LogP contribution in [-0.4, -0.2) is 41.6 Å². The molecule has 0 aliphatic heterocycles. The van der Waals surface area contributed by atoms with Crippen LogP contribution in [0.2, 0.25) is 0 Å². The van der Waals surface area contributed by atoms with Crippen molar-refractivity contribution in [3.05, 3.63) is 64.0 Å². The third-order valence-electron chi connectivity index (χ3n) is 4.14. The molecular weight excluding hydrogens is 364 g/mol. The Balaban J connectivity index is 1.72. The minimum Gasteiger partial charge on any atom is -0.493 e. The molecule has 3 rings (SSSR count). The Bertz CT molecular complexity index is 1040. The van der Waals surface area contributed by atoms with Crippen LogP contribution in [0.15, 0.2) is 42.6 Å². The molecule has 0 saturated heterocycles. The number of ether oxygens (including phenoxy) is 2. The Morgan fingerprint density at radius 2 is 1.82 bits per heavy atom. The van der Waals surface area contributed by atoms with E-state index < -0.39 is 10.8 Å². The first-order valence-corrected chi connectivity index (χ1v) is 8.42. The molecule has 0 unspecified atom stereocenters. The van der Waals surface area contributed by atoms with Crippen molar-refractivity contribution in [2.75, 3.05) is 20.8 Å². The molecule has 0 bridgehead atoms. The second kappa shape index (κ2) is 8.30. The molecule has 0 atom stereocenters. The van der Waals surface area contributed by atoms with Gasteiger partial charge in [0, 0.05) is 12.1 Å². The summed E-state index contributed by atoms with van der Waals surface area (Å²) < 4.78 is 10.3. The summed E-state index contributed by atoms with van der Waals surface area (Å²) >= 11 is 0. The van der Waals surface area contributed by atoms with Crippen molar-refractivity contribution < 1.29 is 19.2 Å². The van der Waals surface area contributed by atoms with Gasteiger partial charge in [-0.15, -0.1) is 0 Å². The first-order valence-electron chi connectivity index (χ1n) is 8.42. The summed E-state index contributed by atoms with van der Waals surface area (Å²) in [5, 5.41) is 14.0. The molecule has 2 aromatic carbocycles. The number of nitro benzene ring substituents is 1. The standard InChI is InChI=1S/C19H18N4O5/c1-27-17-9-12(16(23(25)26)10-18(17)28-2)7-8-20-19(24)15-11-21-13-5-3-4-6-14(13)22-15/h3-6,9-11H,7-8H2,1-2H3,(H,20,24). The number of amides is 1. The average molecular weight is 382 g/mol. The molecule has 9 nitrogen and oxygen atoms in total. The SMILES string of the molecule is COc1cc(CCNC(=O)c2cnc3ccccc3n2)c([N+](=O)[O-])cc1OC. The molecule has 28 heavy (non-hydrogen) atoms. The predicted octanol–water partition coefficient (Wildman–Crippen LogP) is 2.53. The topological polar surface area (TPSA) is 116 Å². The largest absolute Gasteiger partial charge is 0.493 e. The lowest BCUT2D eigenvalue weighted by atomic mass is 10.1. The zero-order valence-electron chi connectivity index (χ0n) is 15.3. The molecule has 1 amide bonds. The summed E-state index contributed by atoms with van der Waals surface area (Å²) in [7, 11) is 2.86. The predicted molar refractivity (Wildman–Crippen MR) is 102 cm³/mol. The lowest BCUT2D eigenvalue weighted by molar-refractivity contribution is -0.385. The maximum absolute atomic E-state index is 12.3. The lowest BCUT2D eigenvalue weighted by Gasteiger charge is -2.11. The number of nitrogens with zero attached hydrogens (tertiary/aromatic N) is 3. The lowest BCUT2D eigenvalue weighted by Crippen LogP contribution is -2.26. The molecule has 0 radical (unpaired) electrons. The van der Waals surface area contributed by atoms with E-state index in [2.05, 4.69) is 15.3 Å². The van der Waals surface area contributed by atoms with Crippen molar-refractivity contribution in [3.63, 3.8) is 0 Å². The van der Waals surface area contributed by atoms with Crippen molar-refractivity contribution in [2.45, 2.75) is 6.42 Å². The molecule has 144 valence electrons. The van der Waals surface area contributed by atoms with Crippen LogP contribution in [0.25, 0.3) is 11.0 Å². The number of nitro groups is 1. The molecule has 3 aromatic rings. The van der Waals surface area contributed by atoms with Gasteiger partial charge in [-0.05, 0) is 24.6 Å². The second-order valence-corrected chi connectivity index (χ2v) is 5.84. The Kier molecular flexibility index (Phi) is 5.64. The third-order valence-corrected chi connectivity index (χ3v) is 4.14. The van der Waals surface area contributed by atoms with Crippen LogP contribution in [0.1, 0.15) is 16.1 Å². The highest BCUT2D eigenvalue weighted by molar-refractivity contribution is 5.93. The number of fused-ring (bicyclic) bond motifs is 1. The fraction of sp³-hybridized carbons (Fsp3) is 0.211. The van der Waals surface area contributed by atoms with Gasteiger partial charge in [-0.1, -0.05) is 12.1 Å². The highest BCUT2D eigenvalue weighted by atomic mass is 16.6. The van der Waals surface area contributed by atoms with Crippen LogP contribution in [0.4, 0.5) is 5.69 Å². The molecule has 0 aliphatic carbocycles. The maximum atomic E-state index is 12.3. The summed E-state index contributed by atoms with van der Waals surface area (Å²) in [5.74, 6) is 0.254. The first kappa shape index (κ1) is 19.0. The minimum atomic E-state index is -0.492. The Hall–Kier alpha value is -3.75. The number of carbonyl (C=O) groups excluding carboxylic acids is 1.